The molecule has 3 rings (SSSR count). The van der Waals surface area contributed by atoms with Crippen LogP contribution >= 0.6 is 0 Å². The summed E-state index contributed by atoms with van der Waals surface area (Å²) < 4.78 is 6.61. The Morgan fingerprint density at radius 2 is 1.19 bits per heavy atom. The summed E-state index contributed by atoms with van der Waals surface area (Å²) in [4.78, 5) is 16.1. The maximum Gasteiger partial charge on any atom is 0.163 e. The Hall–Kier alpha value is -2.91. The molecule has 0 aliphatic heterocycles. The van der Waals surface area contributed by atoms with E-state index in [1.54, 1.807) is 0 Å². The molecule has 0 heterocycles. The number of carbonyl (C=O) groups excluding carboxylic acids is 1. The lowest BCUT2D eigenvalue weighted by Crippen LogP contribution is -2.37. The van der Waals surface area contributed by atoms with Crippen molar-refractivity contribution >= 4 is 5.78 Å². The molecule has 3 heteroatoms. The van der Waals surface area contributed by atoms with Gasteiger partial charge >= 0.3 is 0 Å². The van der Waals surface area contributed by atoms with Crippen LogP contribution in [0.3, 0.4) is 0 Å². The van der Waals surface area contributed by atoms with Gasteiger partial charge in [0.2, 0.25) is 0 Å². The van der Waals surface area contributed by atoms with Crippen LogP contribution in [0.1, 0.15) is 105 Å². The van der Waals surface area contributed by atoms with Crippen LogP contribution in [-0.4, -0.2) is 30.0 Å². The second kappa shape index (κ2) is 12.9. The normalized spacial score (nSPS) is 12.5. The second-order valence-electron chi connectivity index (χ2n) is 10.2. The Kier molecular flexibility index (Phi) is 9.89. The van der Waals surface area contributed by atoms with Gasteiger partial charge in [-0.1, -0.05) is 102 Å². The van der Waals surface area contributed by atoms with Crippen LogP contribution in [0.2, 0.25) is 0 Å². The Bertz CT molecular complexity index is 1030. The summed E-state index contributed by atoms with van der Waals surface area (Å²) in [5.74, 6) is 1.61. The van der Waals surface area contributed by atoms with Gasteiger partial charge in [0.25, 0.3) is 0 Å². The van der Waals surface area contributed by atoms with Crippen LogP contribution < -0.4 is 4.74 Å². The van der Waals surface area contributed by atoms with E-state index < -0.39 is 0 Å². The number of Topliss-reactive ketones (excluding diaryl/α,β-unsaturated/α-hetero) is 1. The number of hydrogen-bond donors (Lipinski definition) is 0. The Morgan fingerprint density at radius 3 is 1.58 bits per heavy atom. The van der Waals surface area contributed by atoms with Crippen molar-refractivity contribution in [3.63, 3.8) is 0 Å². The quantitative estimate of drug-likeness (QED) is 0.190. The minimum Gasteiger partial charge on any atom is -0.475 e. The van der Waals surface area contributed by atoms with E-state index in [2.05, 4.69) is 89.8 Å². The first-order valence-corrected chi connectivity index (χ1v) is 13.5. The number of hydrogen-bond acceptors (Lipinski definition) is 3. The molecule has 0 bridgehead atoms. The van der Waals surface area contributed by atoms with E-state index in [0.717, 1.165) is 35.5 Å². The zero-order valence-electron chi connectivity index (χ0n) is 23.1. The maximum absolute atomic E-state index is 13.8. The Balaban J connectivity index is 2.02. The molecule has 0 saturated heterocycles. The van der Waals surface area contributed by atoms with Crippen LogP contribution in [0.5, 0.6) is 5.75 Å². The van der Waals surface area contributed by atoms with E-state index in [0.29, 0.717) is 6.42 Å². The lowest BCUT2D eigenvalue weighted by molar-refractivity contribution is 0.0461. The predicted octanol–water partition coefficient (Wildman–Crippen LogP) is 8.40. The van der Waals surface area contributed by atoms with E-state index in [1.807, 2.05) is 36.4 Å². The van der Waals surface area contributed by atoms with Crippen LogP contribution in [0.4, 0.5) is 0 Å². The lowest BCUT2D eigenvalue weighted by Gasteiger charge is -2.30. The van der Waals surface area contributed by atoms with Crippen molar-refractivity contribution in [2.24, 2.45) is 0 Å². The van der Waals surface area contributed by atoms with Crippen LogP contribution in [0.15, 0.2) is 72.8 Å². The summed E-state index contributed by atoms with van der Waals surface area (Å²) in [5, 5.41) is 0. The van der Waals surface area contributed by atoms with E-state index in [1.165, 1.54) is 11.1 Å². The summed E-state index contributed by atoms with van der Waals surface area (Å²) >= 11 is 0. The lowest BCUT2D eigenvalue weighted by atomic mass is 9.84. The molecule has 3 aromatic rings. The Morgan fingerprint density at radius 1 is 0.750 bits per heavy atom. The first kappa shape index (κ1) is 27.7. The number of rotatable bonds is 12. The van der Waals surface area contributed by atoms with Crippen molar-refractivity contribution in [2.75, 3.05) is 13.1 Å². The fourth-order valence-corrected chi connectivity index (χ4v) is 4.91. The zero-order valence-corrected chi connectivity index (χ0v) is 23.1. The molecule has 0 aliphatic rings. The van der Waals surface area contributed by atoms with Gasteiger partial charge in [-0.2, -0.15) is 0 Å². The van der Waals surface area contributed by atoms with E-state index in [4.69, 9.17) is 4.74 Å². The second-order valence-corrected chi connectivity index (χ2v) is 10.2. The highest BCUT2D eigenvalue weighted by Crippen LogP contribution is 2.38. The van der Waals surface area contributed by atoms with Crippen LogP contribution in [0, 0.1) is 0 Å². The monoisotopic (exact) mass is 485 g/mol. The minimum absolute atomic E-state index is 0.0171. The highest BCUT2D eigenvalue weighted by atomic mass is 16.5. The van der Waals surface area contributed by atoms with E-state index >= 15 is 0 Å². The van der Waals surface area contributed by atoms with Gasteiger partial charge in [-0.05, 0) is 66.2 Å². The number of carbonyl (C=O) groups is 1. The number of ketones is 1. The van der Waals surface area contributed by atoms with Crippen molar-refractivity contribution in [2.45, 2.75) is 78.9 Å². The third-order valence-electron chi connectivity index (χ3n) is 7.12. The summed E-state index contributed by atoms with van der Waals surface area (Å²) in [6.07, 6.45) is 0.399. The summed E-state index contributed by atoms with van der Waals surface area (Å²) in [6.45, 7) is 17.0. The molecular formula is C33H43NO2. The molecule has 0 radical (unpaired) electrons. The molecule has 192 valence electrons. The minimum atomic E-state index is -0.0305. The third-order valence-corrected chi connectivity index (χ3v) is 7.12. The van der Waals surface area contributed by atoms with Crippen molar-refractivity contribution in [1.82, 2.24) is 4.90 Å². The first-order chi connectivity index (χ1) is 17.3. The molecule has 0 fully saturated rings. The smallest absolute Gasteiger partial charge is 0.163 e. The van der Waals surface area contributed by atoms with Gasteiger partial charge < -0.3 is 4.74 Å². The van der Waals surface area contributed by atoms with Crippen molar-refractivity contribution in [3.8, 4) is 5.75 Å². The largest absolute Gasteiger partial charge is 0.475 e. The Labute approximate surface area is 218 Å². The molecular weight excluding hydrogens is 442 g/mol. The van der Waals surface area contributed by atoms with Crippen LogP contribution in [-0.2, 0) is 0 Å². The van der Waals surface area contributed by atoms with Gasteiger partial charge in [-0.25, -0.2) is 0 Å². The zero-order chi connectivity index (χ0) is 26.2. The molecule has 1 atom stereocenters. The number of ether oxygens (including phenoxy) is 1. The highest BCUT2D eigenvalue weighted by molar-refractivity contribution is 5.97. The fourth-order valence-electron chi connectivity index (χ4n) is 4.91. The molecule has 3 nitrogen and oxygen atoms in total. The molecule has 0 amide bonds. The third kappa shape index (κ3) is 6.64. The summed E-state index contributed by atoms with van der Waals surface area (Å²) in [5.41, 5.74) is 5.33. The molecule has 0 N–H and O–H groups in total. The summed E-state index contributed by atoms with van der Waals surface area (Å²) in [6, 6.07) is 24.9. The molecule has 1 unspecified atom stereocenters. The molecule has 0 aliphatic carbocycles. The summed E-state index contributed by atoms with van der Waals surface area (Å²) in [7, 11) is 0. The highest BCUT2D eigenvalue weighted by Gasteiger charge is 2.25. The van der Waals surface area contributed by atoms with E-state index in [9.17, 15) is 4.79 Å². The van der Waals surface area contributed by atoms with Gasteiger partial charge in [0.15, 0.2) is 5.78 Å². The molecule has 0 saturated carbocycles. The predicted molar refractivity (Wildman–Crippen MR) is 151 cm³/mol. The molecule has 0 aromatic heterocycles. The number of nitrogens with zero attached hydrogens (tertiary/aromatic N) is 1. The number of benzene rings is 3. The van der Waals surface area contributed by atoms with Gasteiger partial charge in [-0.3, -0.25) is 9.69 Å². The van der Waals surface area contributed by atoms with E-state index in [-0.39, 0.29) is 29.8 Å². The van der Waals surface area contributed by atoms with Gasteiger partial charge in [0.1, 0.15) is 12.0 Å². The van der Waals surface area contributed by atoms with Crippen molar-refractivity contribution in [3.05, 3.63) is 101 Å². The van der Waals surface area contributed by atoms with Gasteiger partial charge in [0, 0.05) is 17.9 Å². The molecule has 3 aromatic carbocycles. The average molecular weight is 486 g/mol. The van der Waals surface area contributed by atoms with Gasteiger partial charge in [0.05, 0.1) is 0 Å². The van der Waals surface area contributed by atoms with Gasteiger partial charge in [-0.15, -0.1) is 0 Å². The van der Waals surface area contributed by atoms with Crippen molar-refractivity contribution < 1.29 is 9.53 Å². The van der Waals surface area contributed by atoms with Crippen LogP contribution in [0.25, 0.3) is 0 Å². The topological polar surface area (TPSA) is 29.5 Å². The fraction of sp³-hybridized carbons (Fsp3) is 0.424. The average Bonchev–Trinajstić information content (AvgIpc) is 2.88. The molecule has 36 heavy (non-hydrogen) atoms. The van der Waals surface area contributed by atoms with Crippen molar-refractivity contribution in [1.29, 1.82) is 0 Å². The first-order valence-electron chi connectivity index (χ1n) is 13.5. The standard InChI is InChI=1S/C33H43NO2/c1-8-34(9-2)25(7)36-33-29(23(3)4)20-28(21-30(33)24(5)6)32(35)22-31(26-16-12-10-13-17-26)27-18-14-11-15-19-27/h10-21,23-25,31H,8-9,22H2,1-7H3. The molecule has 0 spiro atoms. The SMILES string of the molecule is CCN(CC)C(C)Oc1c(C(C)C)cc(C(=O)CC(c2ccccc2)c2ccccc2)cc1C(C)C. The maximum atomic E-state index is 13.8.